The number of hydroxylamine groups is 2. The average Bonchev–Trinajstić information content (AvgIpc) is 2.56. The summed E-state index contributed by atoms with van der Waals surface area (Å²) in [6, 6.07) is -3.10. The second-order valence-electron chi connectivity index (χ2n) is 4.51. The fourth-order valence-electron chi connectivity index (χ4n) is 2.30. The van der Waals surface area contributed by atoms with E-state index in [0.29, 0.717) is 5.06 Å². The average molecular weight is 344 g/mol. The minimum Gasteiger partial charge on any atom is -1.00 e. The molecule has 1 saturated heterocycles. The summed E-state index contributed by atoms with van der Waals surface area (Å²) < 4.78 is 34.5. The smallest absolute Gasteiger partial charge is 1.00 e. The number of rotatable bonds is 5. The van der Waals surface area contributed by atoms with Gasteiger partial charge in [-0.2, -0.15) is 13.5 Å². The number of carbonyl (C=O) groups excluding carboxylic acids is 3. The minimum atomic E-state index is -4.95. The third-order valence-corrected chi connectivity index (χ3v) is 3.42. The molecule has 0 aliphatic carbocycles. The van der Waals surface area contributed by atoms with Crippen LogP contribution in [-0.2, 0) is 24.3 Å². The molecule has 2 rings (SSSR count). The summed E-state index contributed by atoms with van der Waals surface area (Å²) >= 11 is 0. The van der Waals surface area contributed by atoms with Gasteiger partial charge in [0, 0.05) is 6.42 Å². The van der Waals surface area contributed by atoms with Crippen LogP contribution in [0.2, 0.25) is 0 Å². The van der Waals surface area contributed by atoms with Gasteiger partial charge in [0.2, 0.25) is 11.8 Å². The van der Waals surface area contributed by atoms with Crippen molar-refractivity contribution in [2.24, 2.45) is 11.5 Å². The molecular formula is C9H13N4NaO7S. The standard InChI is InChI=1S/C9H12N4O7S.Na.H/c10-7(14)2-4-1-5(8(11)15)12-3-6(4)13(9(12)16)20-21(17,18)19;;/h1,5-6H,2-3H2,(H2,10,14)(H2,11,15)(H,17,18,19);;/q;+1;-1/t5-,6-;;/m0../s1. The Morgan fingerprint density at radius 3 is 2.50 bits per heavy atom. The van der Waals surface area contributed by atoms with Gasteiger partial charge < -0.3 is 17.8 Å². The molecule has 5 N–H and O–H groups in total. The molecule has 0 spiro atoms. The number of amides is 4. The maximum Gasteiger partial charge on any atom is 1.00 e. The van der Waals surface area contributed by atoms with E-state index in [-0.39, 0.29) is 49.5 Å². The molecule has 0 aromatic rings. The normalized spacial score (nSPS) is 23.9. The first-order chi connectivity index (χ1) is 9.60. The zero-order chi connectivity index (χ0) is 15.9. The largest absolute Gasteiger partial charge is 1.00 e. The van der Waals surface area contributed by atoms with Crippen LogP contribution in [0.15, 0.2) is 11.6 Å². The van der Waals surface area contributed by atoms with Gasteiger partial charge in [-0.1, -0.05) is 6.08 Å². The molecule has 0 unspecified atom stereocenters. The molecule has 2 bridgehead atoms. The molecular weight excluding hydrogens is 331 g/mol. The first-order valence-corrected chi connectivity index (χ1v) is 7.01. The van der Waals surface area contributed by atoms with Gasteiger partial charge in [0.05, 0.1) is 6.54 Å². The van der Waals surface area contributed by atoms with Gasteiger partial charge in [0.15, 0.2) is 0 Å². The summed E-state index contributed by atoms with van der Waals surface area (Å²) in [6.07, 6.45) is 0.938. The molecule has 2 atom stereocenters. The number of carbonyl (C=O) groups is 3. The summed E-state index contributed by atoms with van der Waals surface area (Å²) in [5.41, 5.74) is 10.4. The molecule has 0 aromatic carbocycles. The Kier molecular flexibility index (Phi) is 5.59. The molecule has 0 radical (unpaired) electrons. The summed E-state index contributed by atoms with van der Waals surface area (Å²) in [6.45, 7) is -0.124. The van der Waals surface area contributed by atoms with E-state index in [1.54, 1.807) is 0 Å². The molecule has 13 heteroatoms. The van der Waals surface area contributed by atoms with Crippen molar-refractivity contribution in [3.05, 3.63) is 11.6 Å². The third-order valence-electron chi connectivity index (χ3n) is 3.07. The Hall–Kier alpha value is -1.18. The number of urea groups is 1. The van der Waals surface area contributed by atoms with Crippen molar-refractivity contribution in [2.45, 2.75) is 18.5 Å². The molecule has 4 amide bonds. The third kappa shape index (κ3) is 3.77. The Morgan fingerprint density at radius 2 is 2.05 bits per heavy atom. The Balaban J connectivity index is 0.00000242. The van der Waals surface area contributed by atoms with Crippen molar-refractivity contribution in [3.8, 4) is 0 Å². The van der Waals surface area contributed by atoms with E-state index < -0.39 is 40.3 Å². The van der Waals surface area contributed by atoms with Gasteiger partial charge in [-0.3, -0.25) is 14.1 Å². The second-order valence-corrected chi connectivity index (χ2v) is 5.52. The van der Waals surface area contributed by atoms with Crippen molar-refractivity contribution in [2.75, 3.05) is 6.54 Å². The summed E-state index contributed by atoms with van der Waals surface area (Å²) in [5, 5.41) is 0.368. The Bertz CT molecular complexity index is 654. The molecule has 118 valence electrons. The predicted octanol–water partition coefficient (Wildman–Crippen LogP) is -5.39. The van der Waals surface area contributed by atoms with Crippen LogP contribution in [0.4, 0.5) is 4.79 Å². The molecule has 2 aliphatic heterocycles. The number of hydrogen-bond donors (Lipinski definition) is 3. The summed E-state index contributed by atoms with van der Waals surface area (Å²) in [5.74, 6) is -1.61. The van der Waals surface area contributed by atoms with E-state index in [1.165, 1.54) is 6.08 Å². The fourth-order valence-corrected chi connectivity index (χ4v) is 2.67. The van der Waals surface area contributed by atoms with Gasteiger partial charge in [0.1, 0.15) is 12.1 Å². The van der Waals surface area contributed by atoms with Crippen molar-refractivity contribution in [3.63, 3.8) is 0 Å². The van der Waals surface area contributed by atoms with Crippen LogP contribution in [0.25, 0.3) is 0 Å². The maximum atomic E-state index is 12.0. The van der Waals surface area contributed by atoms with Crippen molar-refractivity contribution in [1.82, 2.24) is 9.96 Å². The number of nitrogens with two attached hydrogens (primary N) is 2. The monoisotopic (exact) mass is 344 g/mol. The van der Waals surface area contributed by atoms with Gasteiger partial charge in [0.25, 0.3) is 0 Å². The molecule has 0 aromatic heterocycles. The maximum absolute atomic E-state index is 12.0. The van der Waals surface area contributed by atoms with E-state index in [9.17, 15) is 22.8 Å². The van der Waals surface area contributed by atoms with Crippen LogP contribution in [0.3, 0.4) is 0 Å². The predicted molar refractivity (Wildman–Crippen MR) is 66.4 cm³/mol. The zero-order valence-corrected chi connectivity index (χ0v) is 14.3. The molecule has 2 aliphatic rings. The van der Waals surface area contributed by atoms with Crippen LogP contribution in [0.5, 0.6) is 0 Å². The number of fused-ring (bicyclic) bond motifs is 2. The molecule has 0 saturated carbocycles. The van der Waals surface area contributed by atoms with Gasteiger partial charge in [-0.05, 0) is 5.57 Å². The first kappa shape index (κ1) is 18.9. The molecule has 11 nitrogen and oxygen atoms in total. The number of nitrogens with zero attached hydrogens (tertiary/aromatic N) is 2. The van der Waals surface area contributed by atoms with E-state index in [0.717, 1.165) is 4.90 Å². The van der Waals surface area contributed by atoms with E-state index in [4.69, 9.17) is 16.0 Å². The summed E-state index contributed by atoms with van der Waals surface area (Å²) in [7, 11) is -4.95. The van der Waals surface area contributed by atoms with Crippen molar-refractivity contribution < 1.29 is 62.6 Å². The zero-order valence-electron chi connectivity index (χ0n) is 12.5. The van der Waals surface area contributed by atoms with Gasteiger partial charge >= 0.3 is 46.0 Å². The quantitative estimate of drug-likeness (QED) is 0.253. The summed E-state index contributed by atoms with van der Waals surface area (Å²) in [4.78, 5) is 35.3. The topological polar surface area (TPSA) is 173 Å². The molecule has 22 heavy (non-hydrogen) atoms. The van der Waals surface area contributed by atoms with Crippen LogP contribution < -0.4 is 41.0 Å². The van der Waals surface area contributed by atoms with E-state index in [1.807, 2.05) is 0 Å². The van der Waals surface area contributed by atoms with Crippen molar-refractivity contribution >= 4 is 28.2 Å². The minimum absolute atomic E-state index is 0. The van der Waals surface area contributed by atoms with Crippen LogP contribution in [-0.4, -0.2) is 59.4 Å². The Labute approximate surface area is 148 Å². The van der Waals surface area contributed by atoms with E-state index >= 15 is 0 Å². The molecule has 1 fully saturated rings. The van der Waals surface area contributed by atoms with Crippen LogP contribution in [0, 0.1) is 0 Å². The first-order valence-electron chi connectivity index (χ1n) is 5.65. The number of primary amides is 2. The molecule has 2 heterocycles. The Morgan fingerprint density at radius 1 is 1.45 bits per heavy atom. The second kappa shape index (κ2) is 6.52. The SMILES string of the molecule is NC(=O)CC1=C[C@@H](C(N)=O)N2C[C@@H]1N(OS(=O)(=O)O)C2=O.[H-].[Na+]. The van der Waals surface area contributed by atoms with Gasteiger partial charge in [-0.15, -0.1) is 4.28 Å². The van der Waals surface area contributed by atoms with Crippen molar-refractivity contribution in [1.29, 1.82) is 0 Å². The van der Waals surface area contributed by atoms with Crippen LogP contribution >= 0.6 is 0 Å². The van der Waals surface area contributed by atoms with Crippen LogP contribution in [0.1, 0.15) is 7.85 Å². The number of hydrogen-bond acceptors (Lipinski definition) is 6. The van der Waals surface area contributed by atoms with E-state index in [2.05, 4.69) is 4.28 Å². The van der Waals surface area contributed by atoms with Gasteiger partial charge in [-0.25, -0.2) is 4.79 Å². The fraction of sp³-hybridized carbons (Fsp3) is 0.444.